The third-order valence-corrected chi connectivity index (χ3v) is 4.46. The summed E-state index contributed by atoms with van der Waals surface area (Å²) in [7, 11) is 0. The zero-order valence-corrected chi connectivity index (χ0v) is 13.6. The molecule has 2 nitrogen and oxygen atoms in total. The maximum atomic E-state index is 13.4. The highest BCUT2D eigenvalue weighted by atomic mass is 79.9. The van der Waals surface area contributed by atoms with Crippen LogP contribution in [0.25, 0.3) is 0 Å². The highest BCUT2D eigenvalue weighted by Gasteiger charge is 2.30. The molecule has 1 heterocycles. The Morgan fingerprint density at radius 2 is 2.10 bits per heavy atom. The van der Waals surface area contributed by atoms with Crippen molar-refractivity contribution in [3.63, 3.8) is 0 Å². The fourth-order valence-electron chi connectivity index (χ4n) is 3.04. The lowest BCUT2D eigenvalue weighted by molar-refractivity contribution is 0.0256. The molecule has 1 saturated heterocycles. The molecule has 1 aromatic rings. The van der Waals surface area contributed by atoms with Gasteiger partial charge < -0.3 is 10.0 Å². The highest BCUT2D eigenvalue weighted by Crippen LogP contribution is 2.28. The first-order valence-corrected chi connectivity index (χ1v) is 8.20. The van der Waals surface area contributed by atoms with Gasteiger partial charge in [0.15, 0.2) is 0 Å². The highest BCUT2D eigenvalue weighted by molar-refractivity contribution is 9.10. The van der Waals surface area contributed by atoms with E-state index in [2.05, 4.69) is 27.8 Å². The van der Waals surface area contributed by atoms with E-state index in [0.717, 1.165) is 55.4 Å². The number of hydrogen-bond acceptors (Lipinski definition) is 2. The lowest BCUT2D eigenvalue weighted by Gasteiger charge is -2.27. The van der Waals surface area contributed by atoms with Crippen LogP contribution in [0.3, 0.4) is 0 Å². The molecule has 0 spiro atoms. The van der Waals surface area contributed by atoms with Gasteiger partial charge in [-0.3, -0.25) is 0 Å². The minimum Gasteiger partial charge on any atom is -0.389 e. The molecule has 0 saturated carbocycles. The standard InChI is InChI=1S/C16H23BrFNO/c1-2-6-19-7-3-4-16(20,5-8-19)12-13-9-14(17)11-15(18)10-13/h9-11,20H,2-8,12H2,1H3. The fraction of sp³-hybridized carbons (Fsp3) is 0.625. The molecule has 0 amide bonds. The van der Waals surface area contributed by atoms with E-state index < -0.39 is 5.60 Å². The van der Waals surface area contributed by atoms with E-state index in [1.807, 2.05) is 6.07 Å². The van der Waals surface area contributed by atoms with E-state index in [1.165, 1.54) is 12.1 Å². The second-order valence-electron chi connectivity index (χ2n) is 5.87. The summed E-state index contributed by atoms with van der Waals surface area (Å²) in [5.41, 5.74) is 0.165. The maximum Gasteiger partial charge on any atom is 0.124 e. The van der Waals surface area contributed by atoms with Gasteiger partial charge in [0.2, 0.25) is 0 Å². The molecule has 0 aliphatic carbocycles. The topological polar surface area (TPSA) is 23.5 Å². The molecular weight excluding hydrogens is 321 g/mol. The van der Waals surface area contributed by atoms with Gasteiger partial charge >= 0.3 is 0 Å². The monoisotopic (exact) mass is 343 g/mol. The van der Waals surface area contributed by atoms with E-state index in [-0.39, 0.29) is 5.82 Å². The first-order chi connectivity index (χ1) is 9.50. The van der Waals surface area contributed by atoms with Gasteiger partial charge in [-0.25, -0.2) is 4.39 Å². The van der Waals surface area contributed by atoms with Crippen molar-refractivity contribution in [2.45, 2.75) is 44.6 Å². The Kier molecular flexibility index (Phi) is 5.58. The summed E-state index contributed by atoms with van der Waals surface area (Å²) in [5.74, 6) is -0.251. The largest absolute Gasteiger partial charge is 0.389 e. The Morgan fingerprint density at radius 3 is 2.80 bits per heavy atom. The number of aliphatic hydroxyl groups is 1. The lowest BCUT2D eigenvalue weighted by Crippen LogP contribution is -2.33. The molecule has 1 aliphatic rings. The predicted octanol–water partition coefficient (Wildman–Crippen LogP) is 3.76. The van der Waals surface area contributed by atoms with Crippen molar-refractivity contribution < 1.29 is 9.50 Å². The average Bonchev–Trinajstić information content (AvgIpc) is 2.51. The predicted molar refractivity (Wildman–Crippen MR) is 83.3 cm³/mol. The summed E-state index contributed by atoms with van der Waals surface area (Å²) in [6.07, 6.45) is 4.24. The average molecular weight is 344 g/mol. The van der Waals surface area contributed by atoms with E-state index in [0.29, 0.717) is 6.42 Å². The molecule has 1 aliphatic heterocycles. The van der Waals surface area contributed by atoms with Crippen LogP contribution in [0.2, 0.25) is 0 Å². The van der Waals surface area contributed by atoms with Crippen molar-refractivity contribution in [3.8, 4) is 0 Å². The van der Waals surface area contributed by atoms with Crippen molar-refractivity contribution in [1.82, 2.24) is 4.90 Å². The quantitative estimate of drug-likeness (QED) is 0.899. The molecule has 2 rings (SSSR count). The Bertz CT molecular complexity index is 434. The molecule has 1 unspecified atom stereocenters. The van der Waals surface area contributed by atoms with Gasteiger partial charge in [0.1, 0.15) is 5.82 Å². The second kappa shape index (κ2) is 7.01. The number of benzene rings is 1. The summed E-state index contributed by atoms with van der Waals surface area (Å²) in [6, 6.07) is 4.87. The molecule has 1 N–H and O–H groups in total. The minimum absolute atomic E-state index is 0.251. The molecule has 0 bridgehead atoms. The van der Waals surface area contributed by atoms with Gasteiger partial charge in [-0.15, -0.1) is 0 Å². The van der Waals surface area contributed by atoms with Crippen LogP contribution in [0, 0.1) is 5.82 Å². The molecule has 0 radical (unpaired) electrons. The minimum atomic E-state index is -0.699. The number of rotatable bonds is 4. The molecule has 1 atom stereocenters. The van der Waals surface area contributed by atoms with Gasteiger partial charge in [-0.1, -0.05) is 22.9 Å². The third kappa shape index (κ3) is 4.54. The molecule has 1 aromatic carbocycles. The van der Waals surface area contributed by atoms with Crippen LogP contribution < -0.4 is 0 Å². The van der Waals surface area contributed by atoms with Gasteiger partial charge in [-0.2, -0.15) is 0 Å². The number of nitrogens with zero attached hydrogens (tertiary/aromatic N) is 1. The number of halogens is 2. The number of hydrogen-bond donors (Lipinski definition) is 1. The Hall–Kier alpha value is -0.450. The van der Waals surface area contributed by atoms with Crippen LogP contribution in [0.5, 0.6) is 0 Å². The summed E-state index contributed by atoms with van der Waals surface area (Å²) < 4.78 is 14.2. The van der Waals surface area contributed by atoms with Gasteiger partial charge in [0, 0.05) is 17.4 Å². The Morgan fingerprint density at radius 1 is 1.30 bits per heavy atom. The zero-order valence-electron chi connectivity index (χ0n) is 12.0. The molecule has 112 valence electrons. The Labute approximate surface area is 129 Å². The van der Waals surface area contributed by atoms with E-state index in [9.17, 15) is 9.50 Å². The van der Waals surface area contributed by atoms with Crippen LogP contribution in [0.15, 0.2) is 22.7 Å². The number of likely N-dealkylation sites (tertiary alicyclic amines) is 1. The fourth-order valence-corrected chi connectivity index (χ4v) is 3.56. The Balaban J connectivity index is 2.03. The van der Waals surface area contributed by atoms with Crippen molar-refractivity contribution in [2.24, 2.45) is 0 Å². The first-order valence-electron chi connectivity index (χ1n) is 7.40. The van der Waals surface area contributed by atoms with Crippen LogP contribution in [-0.2, 0) is 6.42 Å². The lowest BCUT2D eigenvalue weighted by atomic mass is 9.88. The van der Waals surface area contributed by atoms with Gasteiger partial charge in [0.05, 0.1) is 5.60 Å². The van der Waals surface area contributed by atoms with E-state index in [4.69, 9.17) is 0 Å². The molecule has 0 aromatic heterocycles. The van der Waals surface area contributed by atoms with Crippen LogP contribution in [0.1, 0.15) is 38.2 Å². The molecule has 4 heteroatoms. The van der Waals surface area contributed by atoms with Crippen LogP contribution >= 0.6 is 15.9 Å². The molecule has 20 heavy (non-hydrogen) atoms. The normalized spacial score (nSPS) is 24.6. The van der Waals surface area contributed by atoms with E-state index in [1.54, 1.807) is 0 Å². The maximum absolute atomic E-state index is 13.4. The summed E-state index contributed by atoms with van der Waals surface area (Å²) in [5, 5.41) is 10.8. The zero-order chi connectivity index (χ0) is 14.6. The van der Waals surface area contributed by atoms with Crippen molar-refractivity contribution in [3.05, 3.63) is 34.1 Å². The smallest absolute Gasteiger partial charge is 0.124 e. The van der Waals surface area contributed by atoms with Crippen LogP contribution in [0.4, 0.5) is 4.39 Å². The van der Waals surface area contributed by atoms with Crippen LogP contribution in [-0.4, -0.2) is 35.2 Å². The molecule has 1 fully saturated rings. The second-order valence-corrected chi connectivity index (χ2v) is 6.79. The summed E-state index contributed by atoms with van der Waals surface area (Å²) in [4.78, 5) is 2.42. The summed E-state index contributed by atoms with van der Waals surface area (Å²) in [6.45, 7) is 5.27. The van der Waals surface area contributed by atoms with Crippen molar-refractivity contribution in [2.75, 3.05) is 19.6 Å². The van der Waals surface area contributed by atoms with Crippen molar-refractivity contribution in [1.29, 1.82) is 0 Å². The third-order valence-electron chi connectivity index (χ3n) is 4.01. The molecular formula is C16H23BrFNO. The van der Waals surface area contributed by atoms with Gasteiger partial charge in [-0.05, 0) is 62.5 Å². The first kappa shape index (κ1) is 15.9. The SMILES string of the molecule is CCCN1CCCC(O)(Cc2cc(F)cc(Br)c2)CC1. The van der Waals surface area contributed by atoms with Crippen molar-refractivity contribution >= 4 is 15.9 Å². The van der Waals surface area contributed by atoms with E-state index >= 15 is 0 Å². The summed E-state index contributed by atoms with van der Waals surface area (Å²) >= 11 is 3.31. The van der Waals surface area contributed by atoms with Gasteiger partial charge in [0.25, 0.3) is 0 Å².